The summed E-state index contributed by atoms with van der Waals surface area (Å²) >= 11 is 6.54. The van der Waals surface area contributed by atoms with Gasteiger partial charge in [-0.1, -0.05) is 30.4 Å². The van der Waals surface area contributed by atoms with Gasteiger partial charge in [-0.05, 0) is 25.1 Å². The lowest BCUT2D eigenvalue weighted by Gasteiger charge is -2.01. The summed E-state index contributed by atoms with van der Waals surface area (Å²) in [5.41, 5.74) is 4.45. The monoisotopic (exact) mass is 366 g/mol. The van der Waals surface area contributed by atoms with Crippen molar-refractivity contribution in [1.82, 2.24) is 15.0 Å². The van der Waals surface area contributed by atoms with Crippen molar-refractivity contribution in [3.8, 4) is 11.3 Å². The maximum Gasteiger partial charge on any atom is 0.260 e. The highest BCUT2D eigenvalue weighted by molar-refractivity contribution is 7.71. The molecule has 0 saturated carbocycles. The number of carbonyl (C=O) groups excluding carboxylic acids is 1. The Kier molecular flexibility index (Phi) is 3.95. The summed E-state index contributed by atoms with van der Waals surface area (Å²) in [6, 6.07) is 11.5. The SMILES string of the molecule is Cc1[nH]c2ccccc2c1-c1csc(NC(=O)c2ccc[nH]c2=S)n1. The van der Waals surface area contributed by atoms with Crippen LogP contribution < -0.4 is 5.32 Å². The second-order valence-electron chi connectivity index (χ2n) is 5.58. The molecule has 0 aliphatic heterocycles. The van der Waals surface area contributed by atoms with E-state index in [-0.39, 0.29) is 5.91 Å². The van der Waals surface area contributed by atoms with Gasteiger partial charge in [0.1, 0.15) is 4.64 Å². The molecule has 3 heterocycles. The van der Waals surface area contributed by atoms with E-state index in [0.717, 1.165) is 27.9 Å². The molecule has 0 unspecified atom stereocenters. The third-order valence-corrected chi connectivity index (χ3v) is 5.03. The first-order chi connectivity index (χ1) is 12.1. The van der Waals surface area contributed by atoms with Gasteiger partial charge in [-0.15, -0.1) is 11.3 Å². The average molecular weight is 366 g/mol. The second kappa shape index (κ2) is 6.27. The summed E-state index contributed by atoms with van der Waals surface area (Å²) in [4.78, 5) is 23.2. The third-order valence-electron chi connectivity index (χ3n) is 3.94. The van der Waals surface area contributed by atoms with Crippen LogP contribution in [-0.2, 0) is 0 Å². The molecule has 1 aromatic carbocycles. The number of carbonyl (C=O) groups is 1. The first kappa shape index (κ1) is 15.7. The Balaban J connectivity index is 1.66. The lowest BCUT2D eigenvalue weighted by Crippen LogP contribution is -2.12. The Labute approximate surface area is 152 Å². The van der Waals surface area contributed by atoms with E-state index in [2.05, 4.69) is 26.3 Å². The summed E-state index contributed by atoms with van der Waals surface area (Å²) in [7, 11) is 0. The van der Waals surface area contributed by atoms with E-state index in [1.165, 1.54) is 11.3 Å². The molecule has 0 fully saturated rings. The predicted octanol–water partition coefficient (Wildman–Crippen LogP) is 4.91. The van der Waals surface area contributed by atoms with Crippen molar-refractivity contribution in [3.63, 3.8) is 0 Å². The van der Waals surface area contributed by atoms with Gasteiger partial charge in [-0.2, -0.15) is 0 Å². The second-order valence-corrected chi connectivity index (χ2v) is 6.84. The highest BCUT2D eigenvalue weighted by Crippen LogP contribution is 2.33. The van der Waals surface area contributed by atoms with Crippen LogP contribution in [0.4, 0.5) is 5.13 Å². The molecule has 7 heteroatoms. The topological polar surface area (TPSA) is 73.6 Å². The van der Waals surface area contributed by atoms with Crippen LogP contribution in [-0.4, -0.2) is 20.9 Å². The number of aryl methyl sites for hydroxylation is 1. The van der Waals surface area contributed by atoms with Gasteiger partial charge < -0.3 is 9.97 Å². The van der Waals surface area contributed by atoms with Crippen molar-refractivity contribution < 1.29 is 4.79 Å². The number of hydrogen-bond acceptors (Lipinski definition) is 4. The zero-order valence-electron chi connectivity index (χ0n) is 13.3. The van der Waals surface area contributed by atoms with E-state index in [4.69, 9.17) is 12.2 Å². The Morgan fingerprint density at radius 2 is 2.08 bits per heavy atom. The smallest absolute Gasteiger partial charge is 0.260 e. The van der Waals surface area contributed by atoms with E-state index in [1.807, 2.05) is 30.5 Å². The van der Waals surface area contributed by atoms with E-state index < -0.39 is 0 Å². The summed E-state index contributed by atoms with van der Waals surface area (Å²) in [6.45, 7) is 2.02. The maximum atomic E-state index is 12.4. The molecule has 0 spiro atoms. The van der Waals surface area contributed by atoms with Gasteiger partial charge in [0.2, 0.25) is 0 Å². The molecule has 3 aromatic heterocycles. The van der Waals surface area contributed by atoms with Crippen molar-refractivity contribution >= 4 is 45.5 Å². The minimum absolute atomic E-state index is 0.265. The number of rotatable bonds is 3. The minimum Gasteiger partial charge on any atom is -0.358 e. The normalized spacial score (nSPS) is 10.9. The molecule has 0 aliphatic rings. The van der Waals surface area contributed by atoms with Gasteiger partial charge in [0, 0.05) is 33.7 Å². The Morgan fingerprint density at radius 1 is 1.24 bits per heavy atom. The summed E-state index contributed by atoms with van der Waals surface area (Å²) in [5.74, 6) is -0.265. The number of aromatic amines is 2. The van der Waals surface area contributed by atoms with Crippen molar-refractivity contribution in [2.24, 2.45) is 0 Å². The number of fused-ring (bicyclic) bond motifs is 1. The van der Waals surface area contributed by atoms with Crippen LogP contribution in [0.1, 0.15) is 16.1 Å². The highest BCUT2D eigenvalue weighted by atomic mass is 32.1. The molecular weight excluding hydrogens is 352 g/mol. The maximum absolute atomic E-state index is 12.4. The van der Waals surface area contributed by atoms with Gasteiger partial charge in [0.25, 0.3) is 5.91 Å². The van der Waals surface area contributed by atoms with E-state index in [1.54, 1.807) is 18.3 Å². The molecule has 0 radical (unpaired) electrons. The van der Waals surface area contributed by atoms with Gasteiger partial charge in [0.05, 0.1) is 11.3 Å². The van der Waals surface area contributed by atoms with Crippen LogP contribution in [0.3, 0.4) is 0 Å². The lowest BCUT2D eigenvalue weighted by atomic mass is 10.1. The van der Waals surface area contributed by atoms with Crippen molar-refractivity contribution in [2.45, 2.75) is 6.92 Å². The number of para-hydroxylation sites is 1. The van der Waals surface area contributed by atoms with Gasteiger partial charge in [-0.3, -0.25) is 10.1 Å². The first-order valence-corrected chi connectivity index (χ1v) is 8.94. The molecule has 4 rings (SSSR count). The Bertz CT molecular complexity index is 1140. The Hall–Kier alpha value is -2.77. The van der Waals surface area contributed by atoms with Gasteiger partial charge in [-0.25, -0.2) is 4.98 Å². The lowest BCUT2D eigenvalue weighted by molar-refractivity contribution is 0.102. The molecule has 0 saturated heterocycles. The molecule has 124 valence electrons. The van der Waals surface area contributed by atoms with Crippen molar-refractivity contribution in [3.05, 3.63) is 63.9 Å². The van der Waals surface area contributed by atoms with E-state index >= 15 is 0 Å². The minimum atomic E-state index is -0.265. The number of pyridine rings is 1. The van der Waals surface area contributed by atoms with Gasteiger partial charge >= 0.3 is 0 Å². The number of H-pyrrole nitrogens is 2. The number of hydrogen-bond donors (Lipinski definition) is 3. The number of benzene rings is 1. The standard InChI is InChI=1S/C18H14N4OS2/c1-10-15(11-5-2-3-7-13(11)20-10)14-9-25-18(21-14)22-16(23)12-6-4-8-19-17(12)24/h2-9,20H,1H3,(H,19,24)(H,21,22,23). The molecular formula is C18H14N4OS2. The Morgan fingerprint density at radius 3 is 2.92 bits per heavy atom. The van der Waals surface area contributed by atoms with Crippen LogP contribution >= 0.6 is 23.6 Å². The first-order valence-electron chi connectivity index (χ1n) is 7.66. The number of amides is 1. The molecule has 4 aromatic rings. The van der Waals surface area contributed by atoms with Crippen LogP contribution in [0.15, 0.2) is 48.0 Å². The molecule has 3 N–H and O–H groups in total. The number of nitrogens with zero attached hydrogens (tertiary/aromatic N) is 1. The van der Waals surface area contributed by atoms with Crippen molar-refractivity contribution in [2.75, 3.05) is 5.32 Å². The fraction of sp³-hybridized carbons (Fsp3) is 0.0556. The largest absolute Gasteiger partial charge is 0.358 e. The number of aromatic nitrogens is 3. The van der Waals surface area contributed by atoms with E-state index in [9.17, 15) is 4.79 Å². The molecule has 1 amide bonds. The summed E-state index contributed by atoms with van der Waals surface area (Å²) < 4.78 is 0.407. The molecule has 0 bridgehead atoms. The predicted molar refractivity (Wildman–Crippen MR) is 104 cm³/mol. The molecule has 5 nitrogen and oxygen atoms in total. The number of anilines is 1. The zero-order chi connectivity index (χ0) is 17.4. The summed E-state index contributed by atoms with van der Waals surface area (Å²) in [6.07, 6.45) is 1.69. The molecule has 0 atom stereocenters. The van der Waals surface area contributed by atoms with Crippen LogP contribution in [0.2, 0.25) is 0 Å². The molecule has 0 aliphatic carbocycles. The fourth-order valence-electron chi connectivity index (χ4n) is 2.82. The van der Waals surface area contributed by atoms with Crippen LogP contribution in [0, 0.1) is 11.6 Å². The third kappa shape index (κ3) is 2.88. The number of nitrogens with one attached hydrogen (secondary N) is 3. The van der Waals surface area contributed by atoms with Crippen molar-refractivity contribution in [1.29, 1.82) is 0 Å². The number of thiazole rings is 1. The van der Waals surface area contributed by atoms with Crippen LogP contribution in [0.25, 0.3) is 22.2 Å². The van der Waals surface area contributed by atoms with Crippen LogP contribution in [0.5, 0.6) is 0 Å². The highest BCUT2D eigenvalue weighted by Gasteiger charge is 2.15. The summed E-state index contributed by atoms with van der Waals surface area (Å²) in [5, 5.41) is 6.43. The van der Waals surface area contributed by atoms with E-state index in [0.29, 0.717) is 15.3 Å². The van der Waals surface area contributed by atoms with Gasteiger partial charge in [0.15, 0.2) is 5.13 Å². The fourth-order valence-corrected chi connectivity index (χ4v) is 3.74. The molecule has 25 heavy (non-hydrogen) atoms. The zero-order valence-corrected chi connectivity index (χ0v) is 14.9. The average Bonchev–Trinajstić information content (AvgIpc) is 3.18. The quantitative estimate of drug-likeness (QED) is 0.451.